The third-order valence-electron chi connectivity index (χ3n) is 2.96. The fourth-order valence-electron chi connectivity index (χ4n) is 1.90. The number of nitrogens with two attached hydrogens (primary N) is 1. The van der Waals surface area contributed by atoms with E-state index in [9.17, 15) is 4.79 Å². The number of rotatable bonds is 5. The quantitative estimate of drug-likeness (QED) is 0.662. The molecule has 108 valence electrons. The van der Waals surface area contributed by atoms with Crippen molar-refractivity contribution in [2.45, 2.75) is 12.8 Å². The monoisotopic (exact) mass is 302 g/mol. The highest BCUT2D eigenvalue weighted by Gasteiger charge is 2.11. The molecule has 1 amide bonds. The molecule has 21 heavy (non-hydrogen) atoms. The van der Waals surface area contributed by atoms with Crippen molar-refractivity contribution in [2.24, 2.45) is 5.73 Å². The lowest BCUT2D eigenvalue weighted by atomic mass is 10.2. The number of nitrogens with one attached hydrogen (secondary N) is 2. The maximum Gasteiger partial charge on any atom is 0.257 e. The van der Waals surface area contributed by atoms with Crippen molar-refractivity contribution in [2.75, 3.05) is 11.9 Å². The van der Waals surface area contributed by atoms with Gasteiger partial charge in [0.2, 0.25) is 5.13 Å². The molecule has 0 aliphatic rings. The van der Waals surface area contributed by atoms with Crippen LogP contribution in [0.1, 0.15) is 21.8 Å². The minimum absolute atomic E-state index is 0.215. The summed E-state index contributed by atoms with van der Waals surface area (Å²) in [6.45, 7) is 0.617. The van der Waals surface area contributed by atoms with Gasteiger partial charge < -0.3 is 10.7 Å². The van der Waals surface area contributed by atoms with E-state index in [4.69, 9.17) is 5.73 Å². The second-order valence-electron chi connectivity index (χ2n) is 4.48. The summed E-state index contributed by atoms with van der Waals surface area (Å²) in [5, 5.41) is 12.1. The van der Waals surface area contributed by atoms with E-state index in [1.54, 1.807) is 24.5 Å². The van der Waals surface area contributed by atoms with E-state index < -0.39 is 0 Å². The van der Waals surface area contributed by atoms with Crippen molar-refractivity contribution in [3.63, 3.8) is 0 Å². The van der Waals surface area contributed by atoms with E-state index in [-0.39, 0.29) is 5.91 Å². The SMILES string of the molecule is NCCCc1nnc(NC(=O)c2ccc3nc[nH]c3c2)s1. The summed E-state index contributed by atoms with van der Waals surface area (Å²) in [7, 11) is 0. The van der Waals surface area contributed by atoms with Crippen LogP contribution in [0.25, 0.3) is 11.0 Å². The molecule has 3 aromatic rings. The minimum atomic E-state index is -0.215. The van der Waals surface area contributed by atoms with E-state index in [1.807, 2.05) is 0 Å². The Bertz CT molecular complexity index is 765. The van der Waals surface area contributed by atoms with E-state index in [1.165, 1.54) is 11.3 Å². The van der Waals surface area contributed by atoms with Gasteiger partial charge in [-0.2, -0.15) is 0 Å². The van der Waals surface area contributed by atoms with Crippen LogP contribution in [0, 0.1) is 0 Å². The van der Waals surface area contributed by atoms with E-state index >= 15 is 0 Å². The van der Waals surface area contributed by atoms with Crippen molar-refractivity contribution in [3.8, 4) is 0 Å². The predicted molar refractivity (Wildman–Crippen MR) is 81.3 cm³/mol. The summed E-state index contributed by atoms with van der Waals surface area (Å²) in [5.74, 6) is -0.215. The van der Waals surface area contributed by atoms with Crippen LogP contribution in [0.15, 0.2) is 24.5 Å². The number of benzene rings is 1. The van der Waals surface area contributed by atoms with Crippen LogP contribution in [0.2, 0.25) is 0 Å². The molecule has 0 fully saturated rings. The molecule has 4 N–H and O–H groups in total. The van der Waals surface area contributed by atoms with Crippen LogP contribution >= 0.6 is 11.3 Å². The third-order valence-corrected chi connectivity index (χ3v) is 3.86. The lowest BCUT2D eigenvalue weighted by molar-refractivity contribution is 0.102. The number of hydrogen-bond donors (Lipinski definition) is 3. The van der Waals surface area contributed by atoms with Crippen LogP contribution < -0.4 is 11.1 Å². The molecular formula is C13H14N6OS. The zero-order chi connectivity index (χ0) is 14.7. The molecule has 2 heterocycles. The summed E-state index contributed by atoms with van der Waals surface area (Å²) in [4.78, 5) is 19.3. The highest BCUT2D eigenvalue weighted by Crippen LogP contribution is 2.18. The number of fused-ring (bicyclic) bond motifs is 1. The van der Waals surface area contributed by atoms with Crippen LogP contribution in [0.4, 0.5) is 5.13 Å². The summed E-state index contributed by atoms with van der Waals surface area (Å²) in [6.07, 6.45) is 3.24. The fourth-order valence-corrected chi connectivity index (χ4v) is 2.68. The van der Waals surface area contributed by atoms with Gasteiger partial charge in [0.1, 0.15) is 5.01 Å². The largest absolute Gasteiger partial charge is 0.345 e. The Morgan fingerprint density at radius 3 is 3.14 bits per heavy atom. The van der Waals surface area contributed by atoms with Crippen LogP contribution in [-0.2, 0) is 6.42 Å². The van der Waals surface area contributed by atoms with Gasteiger partial charge in [0.05, 0.1) is 17.4 Å². The predicted octanol–water partition coefficient (Wildman–Crippen LogP) is 1.56. The first kappa shape index (κ1) is 13.7. The van der Waals surface area contributed by atoms with Crippen molar-refractivity contribution in [1.29, 1.82) is 0 Å². The average Bonchev–Trinajstić information content (AvgIpc) is 3.12. The van der Waals surface area contributed by atoms with Gasteiger partial charge in [-0.1, -0.05) is 11.3 Å². The Hall–Kier alpha value is -2.32. The Kier molecular flexibility index (Phi) is 3.89. The first-order valence-electron chi connectivity index (χ1n) is 6.53. The number of amides is 1. The van der Waals surface area contributed by atoms with Gasteiger partial charge in [0, 0.05) is 12.0 Å². The molecule has 0 saturated carbocycles. The molecule has 3 rings (SSSR count). The molecule has 0 saturated heterocycles. The molecule has 1 aromatic carbocycles. The Morgan fingerprint density at radius 2 is 2.29 bits per heavy atom. The molecule has 0 radical (unpaired) electrons. The molecule has 0 bridgehead atoms. The van der Waals surface area contributed by atoms with Crippen molar-refractivity contribution in [3.05, 3.63) is 35.1 Å². The van der Waals surface area contributed by atoms with Crippen LogP contribution in [-0.4, -0.2) is 32.6 Å². The number of aryl methyl sites for hydroxylation is 1. The zero-order valence-electron chi connectivity index (χ0n) is 11.2. The highest BCUT2D eigenvalue weighted by atomic mass is 32.1. The first-order chi connectivity index (χ1) is 10.3. The normalized spacial score (nSPS) is 10.9. The maximum atomic E-state index is 12.2. The van der Waals surface area contributed by atoms with E-state index in [0.717, 1.165) is 28.9 Å². The van der Waals surface area contributed by atoms with Gasteiger partial charge in [-0.25, -0.2) is 4.98 Å². The molecule has 0 aliphatic heterocycles. The summed E-state index contributed by atoms with van der Waals surface area (Å²) in [5.41, 5.74) is 7.65. The second-order valence-corrected chi connectivity index (χ2v) is 5.54. The van der Waals surface area contributed by atoms with Crippen molar-refractivity contribution < 1.29 is 4.79 Å². The third kappa shape index (κ3) is 3.06. The number of imidazole rings is 1. The van der Waals surface area contributed by atoms with Gasteiger partial charge in [-0.3, -0.25) is 10.1 Å². The van der Waals surface area contributed by atoms with Crippen LogP contribution in [0.5, 0.6) is 0 Å². The highest BCUT2D eigenvalue weighted by molar-refractivity contribution is 7.15. The van der Waals surface area contributed by atoms with Gasteiger partial charge in [-0.15, -0.1) is 10.2 Å². The smallest absolute Gasteiger partial charge is 0.257 e. The maximum absolute atomic E-state index is 12.2. The minimum Gasteiger partial charge on any atom is -0.345 e. The van der Waals surface area contributed by atoms with Crippen molar-refractivity contribution >= 4 is 33.4 Å². The Labute approximate surface area is 124 Å². The summed E-state index contributed by atoms with van der Waals surface area (Å²) in [6, 6.07) is 5.29. The van der Waals surface area contributed by atoms with Gasteiger partial charge >= 0.3 is 0 Å². The number of aromatic amines is 1. The lowest BCUT2D eigenvalue weighted by Crippen LogP contribution is -2.11. The lowest BCUT2D eigenvalue weighted by Gasteiger charge is -2.00. The molecule has 8 heteroatoms. The Balaban J connectivity index is 1.71. The number of anilines is 1. The summed E-state index contributed by atoms with van der Waals surface area (Å²) >= 11 is 1.37. The van der Waals surface area contributed by atoms with Gasteiger partial charge in [0.15, 0.2) is 0 Å². The summed E-state index contributed by atoms with van der Waals surface area (Å²) < 4.78 is 0. The van der Waals surface area contributed by atoms with Crippen molar-refractivity contribution in [1.82, 2.24) is 20.2 Å². The molecule has 0 spiro atoms. The Morgan fingerprint density at radius 1 is 1.38 bits per heavy atom. The molecule has 7 nitrogen and oxygen atoms in total. The standard InChI is InChI=1S/C13H14N6OS/c14-5-1-2-11-18-19-13(21-11)17-12(20)8-3-4-9-10(6-8)16-7-15-9/h3-4,6-7H,1-2,5,14H2,(H,15,16)(H,17,19,20). The first-order valence-corrected chi connectivity index (χ1v) is 7.35. The number of carbonyl (C=O) groups excluding carboxylic acids is 1. The number of H-pyrrole nitrogens is 1. The number of aromatic nitrogens is 4. The number of nitrogens with zero attached hydrogens (tertiary/aromatic N) is 3. The molecule has 0 atom stereocenters. The number of hydrogen-bond acceptors (Lipinski definition) is 6. The molecule has 0 aliphatic carbocycles. The van der Waals surface area contributed by atoms with Crippen LogP contribution in [0.3, 0.4) is 0 Å². The molecular weight excluding hydrogens is 288 g/mol. The van der Waals surface area contributed by atoms with Gasteiger partial charge in [-0.05, 0) is 31.2 Å². The molecule has 2 aromatic heterocycles. The zero-order valence-corrected chi connectivity index (χ0v) is 12.0. The number of carbonyl (C=O) groups is 1. The van der Waals surface area contributed by atoms with Gasteiger partial charge in [0.25, 0.3) is 5.91 Å². The topological polar surface area (TPSA) is 110 Å². The van der Waals surface area contributed by atoms with E-state index in [0.29, 0.717) is 17.2 Å². The second kappa shape index (κ2) is 5.98. The fraction of sp³-hybridized carbons (Fsp3) is 0.231. The molecule has 0 unspecified atom stereocenters. The average molecular weight is 302 g/mol. The van der Waals surface area contributed by atoms with E-state index in [2.05, 4.69) is 25.5 Å².